The first kappa shape index (κ1) is 7.05. The number of rotatable bonds is 2. The summed E-state index contributed by atoms with van der Waals surface area (Å²) in [5.41, 5.74) is 8.99. The maximum absolute atomic E-state index is 10.7. The average molecular weight is 142 g/mol. The zero-order valence-corrected chi connectivity index (χ0v) is 5.59. The minimum Gasteiger partial charge on any atom is -0.369 e. The van der Waals surface area contributed by atoms with Crippen LogP contribution in [0.25, 0.3) is 0 Å². The molecule has 4 heteroatoms. The Morgan fingerprint density at radius 1 is 1.10 bits per heavy atom. The second-order valence-electron chi connectivity index (χ2n) is 2.66. The molecule has 0 unspecified atom stereocenters. The van der Waals surface area contributed by atoms with Crippen LogP contribution in [0, 0.1) is 5.41 Å². The Bertz CT molecular complexity index is 168. The minimum absolute atomic E-state index is 0.525. The fourth-order valence-corrected chi connectivity index (χ4v) is 1.14. The van der Waals surface area contributed by atoms with Crippen molar-refractivity contribution < 1.29 is 9.59 Å². The Hall–Kier alpha value is -1.06. The average Bonchev–Trinajstić information content (AvgIpc) is 1.57. The highest BCUT2D eigenvalue weighted by Gasteiger charge is 2.48. The lowest BCUT2D eigenvalue weighted by Gasteiger charge is -2.35. The van der Waals surface area contributed by atoms with Crippen molar-refractivity contribution in [3.8, 4) is 0 Å². The third kappa shape index (κ3) is 0.683. The van der Waals surface area contributed by atoms with E-state index in [1.54, 1.807) is 0 Å². The second-order valence-corrected chi connectivity index (χ2v) is 2.66. The van der Waals surface area contributed by atoms with E-state index in [0.717, 1.165) is 6.42 Å². The van der Waals surface area contributed by atoms with Gasteiger partial charge in [-0.3, -0.25) is 9.59 Å². The number of primary amides is 2. The second kappa shape index (κ2) is 1.97. The molecule has 0 radical (unpaired) electrons. The molecule has 0 aromatic heterocycles. The summed E-state index contributed by atoms with van der Waals surface area (Å²) >= 11 is 0. The van der Waals surface area contributed by atoms with Crippen LogP contribution < -0.4 is 11.5 Å². The minimum atomic E-state index is -1.00. The lowest BCUT2D eigenvalue weighted by Crippen LogP contribution is -2.52. The summed E-state index contributed by atoms with van der Waals surface area (Å²) in [6.45, 7) is 0. The van der Waals surface area contributed by atoms with Crippen LogP contribution in [0.5, 0.6) is 0 Å². The van der Waals surface area contributed by atoms with Crippen molar-refractivity contribution in [2.24, 2.45) is 16.9 Å². The van der Waals surface area contributed by atoms with Crippen molar-refractivity contribution in [2.75, 3.05) is 0 Å². The molecular formula is C6H10N2O2. The topological polar surface area (TPSA) is 86.2 Å². The van der Waals surface area contributed by atoms with Crippen molar-refractivity contribution >= 4 is 11.8 Å². The Morgan fingerprint density at radius 3 is 1.50 bits per heavy atom. The third-order valence-corrected chi connectivity index (χ3v) is 2.15. The van der Waals surface area contributed by atoms with E-state index in [4.69, 9.17) is 11.5 Å². The molecule has 0 aliphatic heterocycles. The Labute approximate surface area is 58.6 Å². The number of carbonyl (C=O) groups is 2. The van der Waals surface area contributed by atoms with Crippen LogP contribution in [-0.4, -0.2) is 11.8 Å². The monoisotopic (exact) mass is 142 g/mol. The summed E-state index contributed by atoms with van der Waals surface area (Å²) in [7, 11) is 0. The summed E-state index contributed by atoms with van der Waals surface area (Å²) in [6.07, 6.45) is 1.92. The predicted octanol–water partition coefficient (Wildman–Crippen LogP) is -0.873. The van der Waals surface area contributed by atoms with Crippen LogP contribution in [0.15, 0.2) is 0 Å². The van der Waals surface area contributed by atoms with Crippen LogP contribution in [0.3, 0.4) is 0 Å². The van der Waals surface area contributed by atoms with Gasteiger partial charge in [0.15, 0.2) is 0 Å². The first-order chi connectivity index (χ1) is 4.59. The molecule has 1 aliphatic carbocycles. The van der Waals surface area contributed by atoms with Gasteiger partial charge in [0.2, 0.25) is 11.8 Å². The molecule has 1 rings (SSSR count). The molecule has 4 N–H and O–H groups in total. The highest BCUT2D eigenvalue weighted by atomic mass is 16.2. The summed E-state index contributed by atoms with van der Waals surface area (Å²) in [5, 5.41) is 0. The van der Waals surface area contributed by atoms with Gasteiger partial charge in [-0.05, 0) is 12.8 Å². The molecular weight excluding hydrogens is 132 g/mol. The van der Waals surface area contributed by atoms with Crippen molar-refractivity contribution in [3.05, 3.63) is 0 Å². The molecule has 0 aromatic carbocycles. The maximum Gasteiger partial charge on any atom is 0.233 e. The van der Waals surface area contributed by atoms with Crippen molar-refractivity contribution in [2.45, 2.75) is 19.3 Å². The number of hydrogen-bond donors (Lipinski definition) is 2. The van der Waals surface area contributed by atoms with Gasteiger partial charge in [-0.25, -0.2) is 0 Å². The molecule has 0 saturated heterocycles. The summed E-state index contributed by atoms with van der Waals surface area (Å²) in [4.78, 5) is 21.3. The van der Waals surface area contributed by atoms with Gasteiger partial charge in [0, 0.05) is 0 Å². The van der Waals surface area contributed by atoms with E-state index in [1.807, 2.05) is 0 Å². The largest absolute Gasteiger partial charge is 0.369 e. The van der Waals surface area contributed by atoms with Gasteiger partial charge in [-0.2, -0.15) is 0 Å². The third-order valence-electron chi connectivity index (χ3n) is 2.15. The molecule has 4 nitrogen and oxygen atoms in total. The lowest BCUT2D eigenvalue weighted by molar-refractivity contribution is -0.145. The Kier molecular flexibility index (Phi) is 1.39. The molecule has 0 aromatic rings. The molecule has 0 atom stereocenters. The number of carbonyl (C=O) groups excluding carboxylic acids is 2. The van der Waals surface area contributed by atoms with Crippen LogP contribution in [0.1, 0.15) is 19.3 Å². The zero-order chi connectivity index (χ0) is 7.78. The molecule has 1 aliphatic rings. The van der Waals surface area contributed by atoms with Crippen molar-refractivity contribution in [1.29, 1.82) is 0 Å². The van der Waals surface area contributed by atoms with Crippen molar-refractivity contribution in [3.63, 3.8) is 0 Å². The molecule has 0 spiro atoms. The smallest absolute Gasteiger partial charge is 0.233 e. The van der Waals surface area contributed by atoms with Crippen LogP contribution >= 0.6 is 0 Å². The fraction of sp³-hybridized carbons (Fsp3) is 0.667. The maximum atomic E-state index is 10.7. The first-order valence-electron chi connectivity index (χ1n) is 3.19. The van der Waals surface area contributed by atoms with E-state index in [1.165, 1.54) is 0 Å². The van der Waals surface area contributed by atoms with Gasteiger partial charge in [0.25, 0.3) is 0 Å². The zero-order valence-electron chi connectivity index (χ0n) is 5.59. The normalized spacial score (nSPS) is 21.2. The molecule has 56 valence electrons. The van der Waals surface area contributed by atoms with Gasteiger partial charge in [0.1, 0.15) is 5.41 Å². The van der Waals surface area contributed by atoms with E-state index < -0.39 is 17.2 Å². The van der Waals surface area contributed by atoms with Gasteiger partial charge in [-0.1, -0.05) is 6.42 Å². The van der Waals surface area contributed by atoms with E-state index >= 15 is 0 Å². The van der Waals surface area contributed by atoms with Crippen LogP contribution in [0.2, 0.25) is 0 Å². The first-order valence-corrected chi connectivity index (χ1v) is 3.19. The summed E-state index contributed by atoms with van der Waals surface area (Å²) in [6, 6.07) is 0. The highest BCUT2D eigenvalue weighted by molar-refractivity contribution is 6.04. The molecule has 1 fully saturated rings. The molecule has 0 heterocycles. The van der Waals surface area contributed by atoms with E-state index in [9.17, 15) is 9.59 Å². The summed E-state index contributed by atoms with van der Waals surface area (Å²) in [5.74, 6) is -1.16. The standard InChI is InChI=1S/C6H10N2O2/c7-4(9)6(5(8)10)2-1-3-6/h1-3H2,(H2,7,9)(H2,8,10). The quantitative estimate of drug-likeness (QED) is 0.491. The lowest BCUT2D eigenvalue weighted by atomic mass is 9.68. The van der Waals surface area contributed by atoms with Crippen LogP contribution in [0.4, 0.5) is 0 Å². The van der Waals surface area contributed by atoms with Crippen LogP contribution in [-0.2, 0) is 9.59 Å². The Balaban J connectivity index is 2.78. The molecule has 2 amide bonds. The SMILES string of the molecule is NC(=O)C1(C(N)=O)CCC1. The van der Waals surface area contributed by atoms with Gasteiger partial charge in [0.05, 0.1) is 0 Å². The van der Waals surface area contributed by atoms with Gasteiger partial charge in [-0.15, -0.1) is 0 Å². The Morgan fingerprint density at radius 2 is 1.50 bits per heavy atom. The van der Waals surface area contributed by atoms with E-state index in [2.05, 4.69) is 0 Å². The highest BCUT2D eigenvalue weighted by Crippen LogP contribution is 2.39. The van der Waals surface area contributed by atoms with Gasteiger partial charge >= 0.3 is 0 Å². The van der Waals surface area contributed by atoms with E-state index in [-0.39, 0.29) is 0 Å². The van der Waals surface area contributed by atoms with Gasteiger partial charge < -0.3 is 11.5 Å². The van der Waals surface area contributed by atoms with Crippen molar-refractivity contribution in [1.82, 2.24) is 0 Å². The molecule has 1 saturated carbocycles. The number of hydrogen-bond acceptors (Lipinski definition) is 2. The number of nitrogens with two attached hydrogens (primary N) is 2. The fourth-order valence-electron chi connectivity index (χ4n) is 1.14. The molecule has 10 heavy (non-hydrogen) atoms. The molecule has 0 bridgehead atoms. The number of amides is 2. The van der Waals surface area contributed by atoms with E-state index in [0.29, 0.717) is 12.8 Å². The predicted molar refractivity (Wildman–Crippen MR) is 34.7 cm³/mol. The summed E-state index contributed by atoms with van der Waals surface area (Å²) < 4.78 is 0.